The molecule has 5 rings (SSSR count). The minimum Gasteiger partial charge on any atom is -0.497 e. The Morgan fingerprint density at radius 2 is 1.69 bits per heavy atom. The van der Waals surface area contributed by atoms with Crippen LogP contribution in [0.25, 0.3) is 16.6 Å². The summed E-state index contributed by atoms with van der Waals surface area (Å²) < 4.78 is 18.9. The van der Waals surface area contributed by atoms with Crippen LogP contribution in [0, 0.1) is 0 Å². The molecular formula is C29H34N4O3. The molecule has 2 aromatic heterocycles. The standard InChI is InChI=1S/C29H34N4O3/c1-34-26-14-22(15-27(18-26)35-2)20-36-25-10-7-8-23(16-25)28-17-24(33-29(28)19-30-21-31-33)9-3-4-11-32-12-5-6-13-32/h7-8,10,14-19,21H,3-6,9,11-13,20H2,1-2H3. The van der Waals surface area contributed by atoms with Gasteiger partial charge in [-0.15, -0.1) is 0 Å². The first-order valence-corrected chi connectivity index (χ1v) is 12.7. The van der Waals surface area contributed by atoms with Crippen LogP contribution in [-0.2, 0) is 13.0 Å². The van der Waals surface area contributed by atoms with E-state index in [0.717, 1.165) is 52.3 Å². The number of benzene rings is 2. The van der Waals surface area contributed by atoms with Gasteiger partial charge < -0.3 is 19.1 Å². The Balaban J connectivity index is 1.30. The first-order chi connectivity index (χ1) is 17.7. The number of rotatable bonds is 11. The molecule has 0 saturated carbocycles. The molecule has 1 saturated heterocycles. The molecule has 4 aromatic rings. The number of aromatic nitrogens is 3. The number of unbranched alkanes of at least 4 members (excludes halogenated alkanes) is 1. The molecule has 0 unspecified atom stereocenters. The van der Waals surface area contributed by atoms with E-state index in [1.54, 1.807) is 20.5 Å². The van der Waals surface area contributed by atoms with Gasteiger partial charge in [0.1, 0.15) is 30.2 Å². The van der Waals surface area contributed by atoms with Crippen molar-refractivity contribution in [2.45, 2.75) is 38.7 Å². The quantitative estimate of drug-likeness (QED) is 0.264. The van der Waals surface area contributed by atoms with Gasteiger partial charge in [-0.2, -0.15) is 5.10 Å². The first-order valence-electron chi connectivity index (χ1n) is 12.7. The van der Waals surface area contributed by atoms with Crippen LogP contribution < -0.4 is 14.2 Å². The third kappa shape index (κ3) is 5.62. The SMILES string of the molecule is COc1cc(COc2cccc(-c3cc(CCCCN4CCCC4)n4ncncc34)c2)cc(OC)c1. The van der Waals surface area contributed by atoms with Crippen molar-refractivity contribution in [1.82, 2.24) is 19.5 Å². The molecule has 0 amide bonds. The highest BCUT2D eigenvalue weighted by atomic mass is 16.5. The van der Waals surface area contributed by atoms with Gasteiger partial charge in [-0.25, -0.2) is 9.50 Å². The van der Waals surface area contributed by atoms with E-state index in [1.165, 1.54) is 44.6 Å². The highest BCUT2D eigenvalue weighted by Gasteiger charge is 2.14. The summed E-state index contributed by atoms with van der Waals surface area (Å²) in [4.78, 5) is 6.88. The van der Waals surface area contributed by atoms with Crippen molar-refractivity contribution in [3.63, 3.8) is 0 Å². The Hall–Kier alpha value is -3.58. The largest absolute Gasteiger partial charge is 0.497 e. The number of hydrogen-bond acceptors (Lipinski definition) is 6. The molecule has 36 heavy (non-hydrogen) atoms. The number of fused-ring (bicyclic) bond motifs is 1. The van der Waals surface area contributed by atoms with Gasteiger partial charge in [-0.1, -0.05) is 12.1 Å². The van der Waals surface area contributed by atoms with Gasteiger partial charge in [0.15, 0.2) is 0 Å². The summed E-state index contributed by atoms with van der Waals surface area (Å²) in [7, 11) is 3.30. The van der Waals surface area contributed by atoms with Crippen LogP contribution in [0.2, 0.25) is 0 Å². The summed E-state index contributed by atoms with van der Waals surface area (Å²) in [5.41, 5.74) is 5.43. The van der Waals surface area contributed by atoms with Crippen LogP contribution in [0.1, 0.15) is 36.9 Å². The number of ether oxygens (including phenoxy) is 3. The Morgan fingerprint density at radius 3 is 2.47 bits per heavy atom. The molecule has 0 radical (unpaired) electrons. The highest BCUT2D eigenvalue weighted by Crippen LogP contribution is 2.31. The minimum atomic E-state index is 0.416. The normalized spacial score (nSPS) is 13.8. The third-order valence-electron chi connectivity index (χ3n) is 6.84. The fourth-order valence-electron chi connectivity index (χ4n) is 4.94. The van der Waals surface area contributed by atoms with Gasteiger partial charge in [0.2, 0.25) is 0 Å². The molecular weight excluding hydrogens is 452 g/mol. The van der Waals surface area contributed by atoms with Crippen molar-refractivity contribution < 1.29 is 14.2 Å². The second-order valence-corrected chi connectivity index (χ2v) is 9.30. The number of likely N-dealkylation sites (tertiary alicyclic amines) is 1. The molecule has 0 N–H and O–H groups in total. The lowest BCUT2D eigenvalue weighted by Gasteiger charge is -2.13. The minimum absolute atomic E-state index is 0.416. The monoisotopic (exact) mass is 486 g/mol. The zero-order valence-corrected chi connectivity index (χ0v) is 21.2. The smallest absolute Gasteiger partial charge is 0.136 e. The Kier molecular flexibility index (Phi) is 7.67. The number of hydrogen-bond donors (Lipinski definition) is 0. The molecule has 7 nitrogen and oxygen atoms in total. The second-order valence-electron chi connectivity index (χ2n) is 9.30. The lowest BCUT2D eigenvalue weighted by molar-refractivity contribution is 0.304. The molecule has 0 bridgehead atoms. The third-order valence-corrected chi connectivity index (χ3v) is 6.84. The van der Waals surface area contributed by atoms with Crippen LogP contribution in [0.5, 0.6) is 17.2 Å². The number of nitrogens with zero attached hydrogens (tertiary/aromatic N) is 4. The van der Waals surface area contributed by atoms with Crippen molar-refractivity contribution in [2.75, 3.05) is 33.9 Å². The average molecular weight is 487 g/mol. The molecule has 7 heteroatoms. The van der Waals surface area contributed by atoms with Crippen LogP contribution in [-0.4, -0.2) is 53.4 Å². The molecule has 188 valence electrons. The second kappa shape index (κ2) is 11.4. The van der Waals surface area contributed by atoms with E-state index in [9.17, 15) is 0 Å². The number of methoxy groups -OCH3 is 2. The van der Waals surface area contributed by atoms with Gasteiger partial charge in [-0.3, -0.25) is 0 Å². The van der Waals surface area contributed by atoms with Crippen molar-refractivity contribution >= 4 is 5.52 Å². The van der Waals surface area contributed by atoms with E-state index in [-0.39, 0.29) is 0 Å². The van der Waals surface area contributed by atoms with Gasteiger partial charge in [0, 0.05) is 17.3 Å². The van der Waals surface area contributed by atoms with E-state index in [0.29, 0.717) is 6.61 Å². The fourth-order valence-corrected chi connectivity index (χ4v) is 4.94. The maximum atomic E-state index is 6.15. The topological polar surface area (TPSA) is 61.1 Å². The van der Waals surface area contributed by atoms with Crippen molar-refractivity contribution in [2.24, 2.45) is 0 Å². The average Bonchev–Trinajstić information content (AvgIpc) is 3.58. The summed E-state index contributed by atoms with van der Waals surface area (Å²) in [6.45, 7) is 4.13. The lowest BCUT2D eigenvalue weighted by atomic mass is 10.1. The van der Waals surface area contributed by atoms with Crippen molar-refractivity contribution in [1.29, 1.82) is 0 Å². The summed E-state index contributed by atoms with van der Waals surface area (Å²) in [6, 6.07) is 16.2. The van der Waals surface area contributed by atoms with Crippen LogP contribution in [0.3, 0.4) is 0 Å². The molecule has 1 fully saturated rings. The summed E-state index contributed by atoms with van der Waals surface area (Å²) >= 11 is 0. The zero-order chi connectivity index (χ0) is 24.7. The lowest BCUT2D eigenvalue weighted by Crippen LogP contribution is -2.20. The highest BCUT2D eigenvalue weighted by molar-refractivity contribution is 5.81. The van der Waals surface area contributed by atoms with E-state index in [1.807, 2.05) is 41.0 Å². The predicted molar refractivity (Wildman–Crippen MR) is 141 cm³/mol. The Morgan fingerprint density at radius 1 is 0.889 bits per heavy atom. The molecule has 1 aliphatic rings. The predicted octanol–water partition coefficient (Wildman–Crippen LogP) is 5.41. The van der Waals surface area contributed by atoms with Crippen LogP contribution in [0.4, 0.5) is 0 Å². The first kappa shape index (κ1) is 24.1. The molecule has 1 aliphatic heterocycles. The molecule has 2 aromatic carbocycles. The maximum Gasteiger partial charge on any atom is 0.136 e. The van der Waals surface area contributed by atoms with Gasteiger partial charge >= 0.3 is 0 Å². The summed E-state index contributed by atoms with van der Waals surface area (Å²) in [5.74, 6) is 2.29. The van der Waals surface area contributed by atoms with E-state index < -0.39 is 0 Å². The molecule has 0 aliphatic carbocycles. The van der Waals surface area contributed by atoms with Gasteiger partial charge in [-0.05, 0) is 93.2 Å². The van der Waals surface area contributed by atoms with Crippen LogP contribution >= 0.6 is 0 Å². The van der Waals surface area contributed by atoms with E-state index in [2.05, 4.69) is 33.2 Å². The van der Waals surface area contributed by atoms with Gasteiger partial charge in [0.05, 0.1) is 25.9 Å². The fraction of sp³-hybridized carbons (Fsp3) is 0.379. The zero-order valence-electron chi connectivity index (χ0n) is 21.2. The van der Waals surface area contributed by atoms with Crippen molar-refractivity contribution in [3.8, 4) is 28.4 Å². The summed E-state index contributed by atoms with van der Waals surface area (Å²) in [6.07, 6.45) is 9.57. The Bertz CT molecular complexity index is 1270. The van der Waals surface area contributed by atoms with Crippen molar-refractivity contribution in [3.05, 3.63) is 72.3 Å². The van der Waals surface area contributed by atoms with Crippen LogP contribution in [0.15, 0.2) is 61.1 Å². The molecule has 3 heterocycles. The van der Waals surface area contributed by atoms with Gasteiger partial charge in [0.25, 0.3) is 0 Å². The maximum absolute atomic E-state index is 6.15. The van der Waals surface area contributed by atoms with E-state index >= 15 is 0 Å². The van der Waals surface area contributed by atoms with E-state index in [4.69, 9.17) is 14.2 Å². The summed E-state index contributed by atoms with van der Waals surface area (Å²) in [5, 5.41) is 4.55. The Labute approximate surface area is 212 Å². The number of aryl methyl sites for hydroxylation is 1. The molecule has 0 atom stereocenters. The molecule has 0 spiro atoms.